The Kier molecular flexibility index (Phi) is 4.45. The molecule has 0 bridgehead atoms. The highest BCUT2D eigenvalue weighted by molar-refractivity contribution is 5.71. The van der Waals surface area contributed by atoms with E-state index < -0.39 is 0 Å². The Labute approximate surface area is 148 Å². The molecule has 0 aromatic carbocycles. The summed E-state index contributed by atoms with van der Waals surface area (Å²) < 4.78 is 16.4. The van der Waals surface area contributed by atoms with Crippen molar-refractivity contribution < 1.29 is 4.39 Å². The fraction of sp³-hybridized carbons (Fsp3) is 0.524. The normalized spacial score (nSPS) is 20.9. The molecule has 2 heterocycles. The molecule has 4 rings (SSSR count). The second kappa shape index (κ2) is 6.74. The van der Waals surface area contributed by atoms with Crippen LogP contribution in [0.5, 0.6) is 0 Å². The van der Waals surface area contributed by atoms with Gasteiger partial charge >= 0.3 is 0 Å². The maximum atomic E-state index is 14.1. The van der Waals surface area contributed by atoms with E-state index in [1.807, 2.05) is 12.1 Å². The Morgan fingerprint density at radius 2 is 2.16 bits per heavy atom. The zero-order valence-electron chi connectivity index (χ0n) is 15.1. The predicted molar refractivity (Wildman–Crippen MR) is 98.8 cm³/mol. The Bertz CT molecular complexity index is 827. The maximum Gasteiger partial charge on any atom is 0.177 e. The molecule has 0 saturated heterocycles. The number of halogens is 1. The Morgan fingerprint density at radius 1 is 1.32 bits per heavy atom. The van der Waals surface area contributed by atoms with Gasteiger partial charge in [-0.15, -0.1) is 0 Å². The van der Waals surface area contributed by atoms with Gasteiger partial charge in [-0.2, -0.15) is 0 Å². The van der Waals surface area contributed by atoms with Gasteiger partial charge in [-0.3, -0.25) is 0 Å². The minimum Gasteiger partial charge on any atom is -0.326 e. The van der Waals surface area contributed by atoms with Gasteiger partial charge in [0.1, 0.15) is 11.7 Å². The summed E-state index contributed by atoms with van der Waals surface area (Å²) >= 11 is 0. The van der Waals surface area contributed by atoms with Crippen LogP contribution in [0.25, 0.3) is 11.2 Å². The number of aromatic nitrogens is 3. The number of rotatable bonds is 6. The lowest BCUT2D eigenvalue weighted by Crippen LogP contribution is -2.11. The monoisotopic (exact) mass is 339 g/mol. The summed E-state index contributed by atoms with van der Waals surface area (Å²) in [6, 6.07) is 4.05. The van der Waals surface area contributed by atoms with Gasteiger partial charge in [0.25, 0.3) is 0 Å². The molecule has 0 amide bonds. The van der Waals surface area contributed by atoms with Gasteiger partial charge in [0.15, 0.2) is 5.65 Å². The average Bonchev–Trinajstić information content (AvgIpc) is 3.35. The molecule has 0 N–H and O–H groups in total. The highest BCUT2D eigenvalue weighted by Gasteiger charge is 2.32. The topological polar surface area (TPSA) is 30.7 Å². The number of aryl methyl sites for hydroxylation is 1. The standard InChI is InChI=1S/C21H26FN3/c1-14(2)7-9-25-19-4-3-8-23-21(19)24-20(25)12-15-10-17(16-5-6-16)13-18(22)11-15/h3-4,8,11,13-14,16-17H,5-7,9-10,12H2,1-2H3. The molecular weight excluding hydrogens is 313 g/mol. The average molecular weight is 339 g/mol. The molecular formula is C21H26FN3. The predicted octanol–water partition coefficient (Wildman–Crippen LogP) is 5.23. The molecule has 2 aliphatic carbocycles. The fourth-order valence-electron chi connectivity index (χ4n) is 3.80. The molecule has 1 saturated carbocycles. The smallest absolute Gasteiger partial charge is 0.177 e. The van der Waals surface area contributed by atoms with Crippen LogP contribution in [0.2, 0.25) is 0 Å². The maximum absolute atomic E-state index is 14.1. The zero-order chi connectivity index (χ0) is 17.4. The summed E-state index contributed by atoms with van der Waals surface area (Å²) in [5.74, 6) is 2.66. The van der Waals surface area contributed by atoms with E-state index in [1.165, 1.54) is 12.8 Å². The van der Waals surface area contributed by atoms with Crippen molar-refractivity contribution in [2.75, 3.05) is 0 Å². The van der Waals surface area contributed by atoms with Crippen LogP contribution < -0.4 is 0 Å². The highest BCUT2D eigenvalue weighted by atomic mass is 19.1. The third kappa shape index (κ3) is 3.68. The first-order chi connectivity index (χ1) is 12.1. The van der Waals surface area contributed by atoms with Gasteiger partial charge in [0, 0.05) is 19.2 Å². The third-order valence-electron chi connectivity index (χ3n) is 5.36. The van der Waals surface area contributed by atoms with E-state index in [1.54, 1.807) is 12.3 Å². The summed E-state index contributed by atoms with van der Waals surface area (Å²) in [5.41, 5.74) is 3.05. The van der Waals surface area contributed by atoms with E-state index in [9.17, 15) is 4.39 Å². The minimum atomic E-state index is -0.0684. The minimum absolute atomic E-state index is 0.0684. The lowest BCUT2D eigenvalue weighted by molar-refractivity contribution is 0.502. The SMILES string of the molecule is CC(C)CCn1c(CC2=CC(F)=CC(C3CC3)C2)nc2ncccc21. The van der Waals surface area contributed by atoms with Gasteiger partial charge in [-0.05, 0) is 67.7 Å². The van der Waals surface area contributed by atoms with E-state index in [2.05, 4.69) is 29.5 Å². The van der Waals surface area contributed by atoms with Crippen molar-refractivity contribution in [3.8, 4) is 0 Å². The summed E-state index contributed by atoms with van der Waals surface area (Å²) in [6.07, 6.45) is 10.6. The lowest BCUT2D eigenvalue weighted by Gasteiger charge is -2.19. The molecule has 0 aliphatic heterocycles. The second-order valence-corrected chi connectivity index (χ2v) is 7.94. The summed E-state index contributed by atoms with van der Waals surface area (Å²) in [4.78, 5) is 9.18. The van der Waals surface area contributed by atoms with E-state index in [-0.39, 0.29) is 5.83 Å². The van der Waals surface area contributed by atoms with Crippen LogP contribution in [0.1, 0.15) is 45.4 Å². The molecule has 3 nitrogen and oxygen atoms in total. The molecule has 2 aliphatic rings. The molecule has 2 aromatic rings. The highest BCUT2D eigenvalue weighted by Crippen LogP contribution is 2.43. The third-order valence-corrected chi connectivity index (χ3v) is 5.36. The molecule has 25 heavy (non-hydrogen) atoms. The van der Waals surface area contributed by atoms with Gasteiger partial charge in [0.2, 0.25) is 0 Å². The summed E-state index contributed by atoms with van der Waals surface area (Å²) in [6.45, 7) is 5.41. The molecule has 1 atom stereocenters. The molecule has 2 aromatic heterocycles. The molecule has 0 radical (unpaired) electrons. The molecule has 0 spiro atoms. The van der Waals surface area contributed by atoms with Crippen LogP contribution in [-0.4, -0.2) is 14.5 Å². The lowest BCUT2D eigenvalue weighted by atomic mass is 9.88. The van der Waals surface area contributed by atoms with Crippen LogP contribution in [0.15, 0.2) is 41.9 Å². The first-order valence-corrected chi connectivity index (χ1v) is 9.47. The van der Waals surface area contributed by atoms with Gasteiger partial charge in [0.05, 0.1) is 5.52 Å². The molecule has 4 heteroatoms. The van der Waals surface area contributed by atoms with Crippen molar-refractivity contribution in [3.63, 3.8) is 0 Å². The van der Waals surface area contributed by atoms with Gasteiger partial charge in [-0.1, -0.05) is 19.4 Å². The van der Waals surface area contributed by atoms with Crippen molar-refractivity contribution >= 4 is 11.2 Å². The van der Waals surface area contributed by atoms with Crippen molar-refractivity contribution in [3.05, 3.63) is 47.7 Å². The quantitative estimate of drug-likeness (QED) is 0.721. The molecule has 132 valence electrons. The van der Waals surface area contributed by atoms with E-state index in [4.69, 9.17) is 4.98 Å². The number of hydrogen-bond acceptors (Lipinski definition) is 2. The first kappa shape index (κ1) is 16.5. The van der Waals surface area contributed by atoms with Crippen LogP contribution in [0.3, 0.4) is 0 Å². The number of imidazole rings is 1. The second-order valence-electron chi connectivity index (χ2n) is 7.94. The number of hydrogen-bond donors (Lipinski definition) is 0. The number of allylic oxidation sites excluding steroid dienone is 4. The Balaban J connectivity index is 1.62. The van der Waals surface area contributed by atoms with Crippen LogP contribution in [-0.2, 0) is 13.0 Å². The van der Waals surface area contributed by atoms with E-state index in [0.717, 1.165) is 48.4 Å². The zero-order valence-corrected chi connectivity index (χ0v) is 15.1. The first-order valence-electron chi connectivity index (χ1n) is 9.47. The van der Waals surface area contributed by atoms with Crippen LogP contribution in [0.4, 0.5) is 4.39 Å². The van der Waals surface area contributed by atoms with Crippen LogP contribution >= 0.6 is 0 Å². The van der Waals surface area contributed by atoms with Crippen molar-refractivity contribution in [1.29, 1.82) is 0 Å². The van der Waals surface area contributed by atoms with Crippen molar-refractivity contribution in [2.45, 2.75) is 52.5 Å². The van der Waals surface area contributed by atoms with E-state index >= 15 is 0 Å². The largest absolute Gasteiger partial charge is 0.326 e. The number of nitrogens with zero attached hydrogens (tertiary/aromatic N) is 3. The van der Waals surface area contributed by atoms with Gasteiger partial charge in [-0.25, -0.2) is 14.4 Å². The van der Waals surface area contributed by atoms with Crippen molar-refractivity contribution in [2.24, 2.45) is 17.8 Å². The van der Waals surface area contributed by atoms with Gasteiger partial charge < -0.3 is 4.57 Å². The van der Waals surface area contributed by atoms with E-state index in [0.29, 0.717) is 17.8 Å². The number of fused-ring (bicyclic) bond motifs is 1. The van der Waals surface area contributed by atoms with Crippen LogP contribution in [0, 0.1) is 17.8 Å². The number of pyridine rings is 1. The Morgan fingerprint density at radius 3 is 2.92 bits per heavy atom. The Hall–Kier alpha value is -1.97. The molecule has 1 unspecified atom stereocenters. The summed E-state index contributed by atoms with van der Waals surface area (Å²) in [5, 5.41) is 0. The summed E-state index contributed by atoms with van der Waals surface area (Å²) in [7, 11) is 0. The molecule has 1 fully saturated rings. The van der Waals surface area contributed by atoms with Crippen molar-refractivity contribution in [1.82, 2.24) is 14.5 Å². The fourth-order valence-corrected chi connectivity index (χ4v) is 3.80.